The fourth-order valence-electron chi connectivity index (χ4n) is 3.58. The van der Waals surface area contributed by atoms with E-state index in [1.54, 1.807) is 0 Å². The predicted molar refractivity (Wildman–Crippen MR) is 77.0 cm³/mol. The molecule has 0 bridgehead atoms. The number of rotatable bonds is 3. The van der Waals surface area contributed by atoms with Gasteiger partial charge >= 0.3 is 0 Å². The second-order valence-electron chi connectivity index (χ2n) is 6.07. The minimum Gasteiger partial charge on any atom is -0.376 e. The third-order valence-electron chi connectivity index (χ3n) is 4.82. The summed E-state index contributed by atoms with van der Waals surface area (Å²) in [5.41, 5.74) is 6.16. The number of hydrogen-bond acceptors (Lipinski definition) is 4. The van der Waals surface area contributed by atoms with E-state index in [4.69, 9.17) is 10.5 Å². The van der Waals surface area contributed by atoms with Gasteiger partial charge in [0.15, 0.2) is 0 Å². The molecule has 0 aromatic heterocycles. The molecular formula is C14H24N2O2S. The van der Waals surface area contributed by atoms with Gasteiger partial charge in [0, 0.05) is 25.0 Å². The van der Waals surface area contributed by atoms with Gasteiger partial charge in [0.1, 0.15) is 0 Å². The normalized spacial score (nSPS) is 39.2. The van der Waals surface area contributed by atoms with Crippen LogP contribution in [-0.4, -0.2) is 42.2 Å². The molecule has 1 amide bonds. The summed E-state index contributed by atoms with van der Waals surface area (Å²) in [4.78, 5) is 12.1. The highest BCUT2D eigenvalue weighted by atomic mass is 32.2. The zero-order valence-corrected chi connectivity index (χ0v) is 12.2. The van der Waals surface area contributed by atoms with Crippen molar-refractivity contribution in [3.8, 4) is 0 Å². The Morgan fingerprint density at radius 3 is 2.89 bits per heavy atom. The molecule has 3 rings (SSSR count). The van der Waals surface area contributed by atoms with Gasteiger partial charge in [-0.2, -0.15) is 11.8 Å². The minimum atomic E-state index is 0.0516. The van der Waals surface area contributed by atoms with Crippen molar-refractivity contribution >= 4 is 17.7 Å². The van der Waals surface area contributed by atoms with Crippen LogP contribution in [0.2, 0.25) is 0 Å². The van der Waals surface area contributed by atoms with Crippen molar-refractivity contribution in [2.45, 2.75) is 50.3 Å². The van der Waals surface area contributed by atoms with Crippen LogP contribution in [0.15, 0.2) is 0 Å². The molecule has 19 heavy (non-hydrogen) atoms. The summed E-state index contributed by atoms with van der Waals surface area (Å²) in [5.74, 6) is 3.61. The molecular weight excluding hydrogens is 260 g/mol. The van der Waals surface area contributed by atoms with Gasteiger partial charge in [0.25, 0.3) is 0 Å². The number of fused-ring (bicyclic) bond motifs is 1. The van der Waals surface area contributed by atoms with Gasteiger partial charge < -0.3 is 15.8 Å². The average Bonchev–Trinajstić information content (AvgIpc) is 2.45. The largest absolute Gasteiger partial charge is 0.376 e. The first-order chi connectivity index (χ1) is 9.25. The average molecular weight is 284 g/mol. The Morgan fingerprint density at radius 2 is 2.11 bits per heavy atom. The maximum absolute atomic E-state index is 12.1. The van der Waals surface area contributed by atoms with E-state index < -0.39 is 0 Å². The lowest BCUT2D eigenvalue weighted by molar-refractivity contribution is -0.140. The Morgan fingerprint density at radius 1 is 1.32 bits per heavy atom. The molecule has 2 saturated heterocycles. The molecule has 4 nitrogen and oxygen atoms in total. The molecule has 1 saturated carbocycles. The van der Waals surface area contributed by atoms with Crippen LogP contribution in [0.1, 0.15) is 32.1 Å². The van der Waals surface area contributed by atoms with Gasteiger partial charge in [-0.1, -0.05) is 0 Å². The van der Waals surface area contributed by atoms with E-state index in [9.17, 15) is 4.79 Å². The van der Waals surface area contributed by atoms with Gasteiger partial charge in [-0.3, -0.25) is 4.79 Å². The number of carbonyl (C=O) groups excluding carboxylic acids is 1. The summed E-state index contributed by atoms with van der Waals surface area (Å²) in [7, 11) is 0. The van der Waals surface area contributed by atoms with E-state index in [0.717, 1.165) is 19.4 Å². The zero-order chi connectivity index (χ0) is 13.2. The molecule has 2 aliphatic heterocycles. The van der Waals surface area contributed by atoms with Crippen molar-refractivity contribution in [2.24, 2.45) is 17.6 Å². The number of amides is 1. The number of nitrogens with one attached hydrogen (secondary N) is 1. The van der Waals surface area contributed by atoms with E-state index in [0.29, 0.717) is 18.3 Å². The Hall–Kier alpha value is -0.260. The third kappa shape index (κ3) is 2.93. The van der Waals surface area contributed by atoms with Gasteiger partial charge in [0.2, 0.25) is 5.91 Å². The zero-order valence-electron chi connectivity index (χ0n) is 11.3. The molecule has 3 N–H and O–H groups in total. The van der Waals surface area contributed by atoms with Crippen LogP contribution >= 0.6 is 11.8 Å². The standard InChI is InChI=1S/C14H24N2O2S/c15-12-10-2-1-5-18-14(10)13(12)16-11(17)8-9-3-6-19-7-4-9/h9-10,12-14H,1-8,15H2,(H,16,17). The van der Waals surface area contributed by atoms with Crippen LogP contribution in [-0.2, 0) is 9.53 Å². The first-order valence-corrected chi connectivity index (χ1v) is 8.65. The molecule has 4 unspecified atom stereocenters. The topological polar surface area (TPSA) is 64.3 Å². The van der Waals surface area contributed by atoms with Gasteiger partial charge in [-0.15, -0.1) is 0 Å². The molecule has 1 aliphatic carbocycles. The van der Waals surface area contributed by atoms with E-state index in [-0.39, 0.29) is 24.1 Å². The predicted octanol–water partition coefficient (Wildman–Crippen LogP) is 1.14. The lowest BCUT2D eigenvalue weighted by Gasteiger charge is -2.52. The van der Waals surface area contributed by atoms with Crippen LogP contribution in [0.3, 0.4) is 0 Å². The number of hydrogen-bond donors (Lipinski definition) is 2. The van der Waals surface area contributed by atoms with E-state index in [1.165, 1.54) is 24.3 Å². The third-order valence-corrected chi connectivity index (χ3v) is 5.87. The summed E-state index contributed by atoms with van der Waals surface area (Å²) < 4.78 is 5.75. The number of nitrogens with two attached hydrogens (primary N) is 1. The van der Waals surface area contributed by atoms with Crippen LogP contribution in [0, 0.1) is 11.8 Å². The fraction of sp³-hybridized carbons (Fsp3) is 0.929. The van der Waals surface area contributed by atoms with Crippen molar-refractivity contribution < 1.29 is 9.53 Å². The van der Waals surface area contributed by atoms with Crippen LogP contribution < -0.4 is 11.1 Å². The quantitative estimate of drug-likeness (QED) is 0.816. The van der Waals surface area contributed by atoms with E-state index in [1.807, 2.05) is 11.8 Å². The molecule has 2 heterocycles. The molecule has 3 fully saturated rings. The Labute approximate surface area is 119 Å². The maximum atomic E-state index is 12.1. The lowest BCUT2D eigenvalue weighted by atomic mass is 9.68. The highest BCUT2D eigenvalue weighted by Crippen LogP contribution is 2.37. The summed E-state index contributed by atoms with van der Waals surface area (Å²) in [6.07, 6.45) is 5.46. The van der Waals surface area contributed by atoms with Crippen LogP contribution in [0.25, 0.3) is 0 Å². The molecule has 0 radical (unpaired) electrons. The number of ether oxygens (including phenoxy) is 1. The van der Waals surface area contributed by atoms with Crippen molar-refractivity contribution in [2.75, 3.05) is 18.1 Å². The van der Waals surface area contributed by atoms with Crippen LogP contribution in [0.5, 0.6) is 0 Å². The van der Waals surface area contributed by atoms with Crippen molar-refractivity contribution in [3.63, 3.8) is 0 Å². The molecule has 5 heteroatoms. The number of carbonyl (C=O) groups is 1. The molecule has 0 aromatic rings. The molecule has 108 valence electrons. The monoisotopic (exact) mass is 284 g/mol. The van der Waals surface area contributed by atoms with Gasteiger partial charge in [0.05, 0.1) is 12.1 Å². The Balaban J connectivity index is 1.46. The van der Waals surface area contributed by atoms with Crippen molar-refractivity contribution in [3.05, 3.63) is 0 Å². The van der Waals surface area contributed by atoms with Gasteiger partial charge in [-0.05, 0) is 43.1 Å². The molecule has 4 atom stereocenters. The molecule has 3 aliphatic rings. The number of thioether (sulfide) groups is 1. The first-order valence-electron chi connectivity index (χ1n) is 7.50. The first kappa shape index (κ1) is 13.7. The SMILES string of the molecule is NC1C2CCCOC2C1NC(=O)CC1CCSCC1. The summed E-state index contributed by atoms with van der Waals surface area (Å²) in [6.45, 7) is 0.820. The summed E-state index contributed by atoms with van der Waals surface area (Å²) in [5, 5.41) is 3.12. The summed E-state index contributed by atoms with van der Waals surface area (Å²) >= 11 is 2.00. The minimum absolute atomic E-state index is 0.0516. The molecule has 0 aromatic carbocycles. The summed E-state index contributed by atoms with van der Waals surface area (Å²) in [6, 6.07) is 0.145. The van der Waals surface area contributed by atoms with E-state index in [2.05, 4.69) is 5.32 Å². The maximum Gasteiger partial charge on any atom is 0.220 e. The Kier molecular flexibility index (Phi) is 4.34. The second kappa shape index (κ2) is 6.02. The Bertz CT molecular complexity index is 333. The van der Waals surface area contributed by atoms with E-state index >= 15 is 0 Å². The highest BCUT2D eigenvalue weighted by Gasteiger charge is 2.51. The fourth-order valence-corrected chi connectivity index (χ4v) is 4.79. The second-order valence-corrected chi connectivity index (χ2v) is 7.30. The van der Waals surface area contributed by atoms with Gasteiger partial charge in [-0.25, -0.2) is 0 Å². The molecule has 0 spiro atoms. The highest BCUT2D eigenvalue weighted by molar-refractivity contribution is 7.99. The smallest absolute Gasteiger partial charge is 0.220 e. The van der Waals surface area contributed by atoms with Crippen LogP contribution in [0.4, 0.5) is 0 Å². The van der Waals surface area contributed by atoms with Crippen molar-refractivity contribution in [1.29, 1.82) is 0 Å². The van der Waals surface area contributed by atoms with Crippen molar-refractivity contribution in [1.82, 2.24) is 5.32 Å². The lowest BCUT2D eigenvalue weighted by Crippen LogP contribution is -2.72.